The molecule has 0 fully saturated rings. The molecule has 2 N–H and O–H groups in total. The van der Waals surface area contributed by atoms with Gasteiger partial charge in [-0.25, -0.2) is 0 Å². The highest BCUT2D eigenvalue weighted by Crippen LogP contribution is 2.22. The lowest BCUT2D eigenvalue weighted by atomic mass is 10.1. The van der Waals surface area contributed by atoms with Crippen LogP contribution in [0.2, 0.25) is 5.02 Å². The van der Waals surface area contributed by atoms with Gasteiger partial charge in [0, 0.05) is 21.4 Å². The number of carbonyl (C=O) groups excluding carboxylic acids is 2. The van der Waals surface area contributed by atoms with Crippen molar-refractivity contribution >= 4 is 50.7 Å². The van der Waals surface area contributed by atoms with Crippen LogP contribution in [0.15, 0.2) is 71.2 Å². The number of halogens is 2. The maximum absolute atomic E-state index is 12.5. The van der Waals surface area contributed by atoms with E-state index in [1.807, 2.05) is 6.07 Å². The van der Waals surface area contributed by atoms with E-state index in [1.54, 1.807) is 66.7 Å². The number of nitriles is 1. The van der Waals surface area contributed by atoms with Gasteiger partial charge in [0.1, 0.15) is 0 Å². The highest BCUT2D eigenvalue weighted by Gasteiger charge is 2.13. The molecular weight excluding hydrogens is 442 g/mol. The molecular formula is C21H13BrClN3O2. The molecule has 0 heterocycles. The molecule has 0 atom stereocenters. The van der Waals surface area contributed by atoms with Crippen molar-refractivity contribution in [2.75, 3.05) is 10.6 Å². The Kier molecular flexibility index (Phi) is 6.09. The summed E-state index contributed by atoms with van der Waals surface area (Å²) in [4.78, 5) is 25.0. The van der Waals surface area contributed by atoms with E-state index >= 15 is 0 Å². The van der Waals surface area contributed by atoms with Crippen LogP contribution in [0.1, 0.15) is 26.3 Å². The van der Waals surface area contributed by atoms with Crippen molar-refractivity contribution in [2.45, 2.75) is 0 Å². The van der Waals surface area contributed by atoms with Crippen molar-refractivity contribution in [1.82, 2.24) is 0 Å². The second-order valence-electron chi connectivity index (χ2n) is 5.81. The third kappa shape index (κ3) is 4.77. The first-order valence-corrected chi connectivity index (χ1v) is 9.31. The highest BCUT2D eigenvalue weighted by molar-refractivity contribution is 9.10. The second kappa shape index (κ2) is 8.70. The molecule has 28 heavy (non-hydrogen) atoms. The summed E-state index contributed by atoms with van der Waals surface area (Å²) >= 11 is 9.40. The van der Waals surface area contributed by atoms with Gasteiger partial charge in [-0.3, -0.25) is 9.59 Å². The topological polar surface area (TPSA) is 82.0 Å². The molecule has 0 unspecified atom stereocenters. The zero-order chi connectivity index (χ0) is 20.1. The largest absolute Gasteiger partial charge is 0.322 e. The summed E-state index contributed by atoms with van der Waals surface area (Å²) in [5.74, 6) is -0.739. The molecule has 5 nitrogen and oxygen atoms in total. The summed E-state index contributed by atoms with van der Waals surface area (Å²) in [6.45, 7) is 0. The Morgan fingerprint density at radius 2 is 1.57 bits per heavy atom. The van der Waals surface area contributed by atoms with Crippen molar-refractivity contribution in [2.24, 2.45) is 0 Å². The SMILES string of the molecule is N#Cc1cccc(NC(=O)c2cccc(NC(=O)c3cc(Br)ccc3Cl)c2)c1. The molecule has 0 bridgehead atoms. The quantitative estimate of drug-likeness (QED) is 0.548. The Morgan fingerprint density at radius 1 is 0.893 bits per heavy atom. The van der Waals surface area contributed by atoms with E-state index < -0.39 is 0 Å². The zero-order valence-corrected chi connectivity index (χ0v) is 16.7. The molecule has 0 aromatic heterocycles. The maximum Gasteiger partial charge on any atom is 0.257 e. The first-order chi connectivity index (χ1) is 13.5. The standard InChI is InChI=1S/C21H13BrClN3O2/c22-15-7-8-19(23)18(11-15)21(28)26-17-6-2-4-14(10-17)20(27)25-16-5-1-3-13(9-16)12-24/h1-11H,(H,25,27)(H,26,28). The number of nitrogens with one attached hydrogen (secondary N) is 2. The van der Waals surface area contributed by atoms with Crippen molar-refractivity contribution in [3.05, 3.63) is 92.9 Å². The van der Waals surface area contributed by atoms with Gasteiger partial charge in [0.05, 0.1) is 22.2 Å². The summed E-state index contributed by atoms with van der Waals surface area (Å²) in [5, 5.41) is 14.7. The number of rotatable bonds is 4. The monoisotopic (exact) mass is 453 g/mol. The third-order valence-electron chi connectivity index (χ3n) is 3.81. The first-order valence-electron chi connectivity index (χ1n) is 8.14. The summed E-state index contributed by atoms with van der Waals surface area (Å²) in [7, 11) is 0. The molecule has 3 aromatic carbocycles. The average molecular weight is 455 g/mol. The van der Waals surface area contributed by atoms with Gasteiger partial charge < -0.3 is 10.6 Å². The molecule has 0 aliphatic rings. The summed E-state index contributed by atoms with van der Waals surface area (Å²) in [6, 6.07) is 20.2. The number of carbonyl (C=O) groups is 2. The minimum atomic E-state index is -0.384. The van der Waals surface area contributed by atoms with Crippen LogP contribution < -0.4 is 10.6 Å². The third-order valence-corrected chi connectivity index (χ3v) is 4.63. The Morgan fingerprint density at radius 3 is 2.32 bits per heavy atom. The Hall–Kier alpha value is -3.14. The Labute approximate surface area is 175 Å². The van der Waals surface area contributed by atoms with Crippen molar-refractivity contribution < 1.29 is 9.59 Å². The smallest absolute Gasteiger partial charge is 0.257 e. The van der Waals surface area contributed by atoms with E-state index in [9.17, 15) is 9.59 Å². The molecule has 2 amide bonds. The fourth-order valence-electron chi connectivity index (χ4n) is 2.48. The fraction of sp³-hybridized carbons (Fsp3) is 0. The highest BCUT2D eigenvalue weighted by atomic mass is 79.9. The lowest BCUT2D eigenvalue weighted by molar-refractivity contribution is 0.101. The first kappa shape index (κ1) is 19.6. The van der Waals surface area contributed by atoms with Gasteiger partial charge in [-0.15, -0.1) is 0 Å². The predicted molar refractivity (Wildman–Crippen MR) is 113 cm³/mol. The number of benzene rings is 3. The van der Waals surface area contributed by atoms with Crippen LogP contribution in [0.4, 0.5) is 11.4 Å². The van der Waals surface area contributed by atoms with Crippen LogP contribution in [-0.4, -0.2) is 11.8 Å². The van der Waals surface area contributed by atoms with Gasteiger partial charge in [-0.2, -0.15) is 5.26 Å². The van der Waals surface area contributed by atoms with Gasteiger partial charge in [0.15, 0.2) is 0 Å². The van der Waals surface area contributed by atoms with E-state index in [0.717, 1.165) is 4.47 Å². The van der Waals surface area contributed by atoms with E-state index in [2.05, 4.69) is 26.6 Å². The molecule has 3 rings (SSSR count). The van der Waals surface area contributed by atoms with Crippen LogP contribution in [0.5, 0.6) is 0 Å². The van der Waals surface area contributed by atoms with Crippen LogP contribution >= 0.6 is 27.5 Å². The van der Waals surface area contributed by atoms with Crippen molar-refractivity contribution in [3.63, 3.8) is 0 Å². The summed E-state index contributed by atoms with van der Waals surface area (Å²) in [5.41, 5.74) is 2.10. The van der Waals surface area contributed by atoms with Gasteiger partial charge in [0.2, 0.25) is 0 Å². The van der Waals surface area contributed by atoms with E-state index in [4.69, 9.17) is 16.9 Å². The maximum atomic E-state index is 12.5. The van der Waals surface area contributed by atoms with Crippen molar-refractivity contribution in [3.8, 4) is 6.07 Å². The average Bonchev–Trinajstić information content (AvgIpc) is 2.70. The molecule has 0 saturated carbocycles. The fourth-order valence-corrected chi connectivity index (χ4v) is 3.04. The molecule has 0 aliphatic heterocycles. The molecule has 0 saturated heterocycles. The second-order valence-corrected chi connectivity index (χ2v) is 7.13. The lowest BCUT2D eigenvalue weighted by Gasteiger charge is -2.10. The lowest BCUT2D eigenvalue weighted by Crippen LogP contribution is -2.15. The Bertz CT molecular complexity index is 1110. The Balaban J connectivity index is 1.76. The van der Waals surface area contributed by atoms with E-state index in [-0.39, 0.29) is 11.8 Å². The van der Waals surface area contributed by atoms with Gasteiger partial charge in [-0.05, 0) is 54.6 Å². The number of nitrogens with zero attached hydrogens (tertiary/aromatic N) is 1. The number of anilines is 2. The normalized spacial score (nSPS) is 10.0. The molecule has 7 heteroatoms. The molecule has 138 valence electrons. The zero-order valence-electron chi connectivity index (χ0n) is 14.4. The molecule has 0 radical (unpaired) electrons. The van der Waals surface area contributed by atoms with Crippen LogP contribution in [0.3, 0.4) is 0 Å². The van der Waals surface area contributed by atoms with Gasteiger partial charge in [-0.1, -0.05) is 39.7 Å². The van der Waals surface area contributed by atoms with Gasteiger partial charge >= 0.3 is 0 Å². The van der Waals surface area contributed by atoms with Crippen molar-refractivity contribution in [1.29, 1.82) is 5.26 Å². The van der Waals surface area contributed by atoms with Gasteiger partial charge in [0.25, 0.3) is 11.8 Å². The summed E-state index contributed by atoms with van der Waals surface area (Å²) < 4.78 is 0.731. The summed E-state index contributed by atoms with van der Waals surface area (Å²) in [6.07, 6.45) is 0. The molecule has 3 aromatic rings. The number of amides is 2. The number of hydrogen-bond donors (Lipinski definition) is 2. The van der Waals surface area contributed by atoms with E-state index in [1.165, 1.54) is 0 Å². The van der Waals surface area contributed by atoms with Crippen LogP contribution in [0, 0.1) is 11.3 Å². The van der Waals surface area contributed by atoms with Crippen LogP contribution in [0.25, 0.3) is 0 Å². The minimum Gasteiger partial charge on any atom is -0.322 e. The molecule has 0 spiro atoms. The number of hydrogen-bond acceptors (Lipinski definition) is 3. The van der Waals surface area contributed by atoms with E-state index in [0.29, 0.717) is 33.1 Å². The predicted octanol–water partition coefficient (Wildman–Crippen LogP) is 5.48. The van der Waals surface area contributed by atoms with Crippen LogP contribution in [-0.2, 0) is 0 Å². The molecule has 0 aliphatic carbocycles. The minimum absolute atomic E-state index is 0.319.